The first-order chi connectivity index (χ1) is 19.7. The van der Waals surface area contributed by atoms with E-state index in [1.165, 1.54) is 12.1 Å². The second-order valence-electron chi connectivity index (χ2n) is 9.56. The third-order valence-electron chi connectivity index (χ3n) is 6.36. The number of carboxylic acids is 1. The summed E-state index contributed by atoms with van der Waals surface area (Å²) >= 11 is 4.00. The summed E-state index contributed by atoms with van der Waals surface area (Å²) in [5, 5.41) is 26.7. The van der Waals surface area contributed by atoms with Crippen LogP contribution in [0.25, 0.3) is 0 Å². The highest BCUT2D eigenvalue weighted by Gasteiger charge is 2.30. The first-order valence-corrected chi connectivity index (χ1v) is 13.7. The predicted octanol–water partition coefficient (Wildman–Crippen LogP) is 1.22. The molecule has 7 N–H and O–H groups in total. The molecule has 10 nitrogen and oxygen atoms in total. The molecule has 0 saturated carbocycles. The van der Waals surface area contributed by atoms with Crippen molar-refractivity contribution in [3.63, 3.8) is 0 Å². The molecule has 0 bridgehead atoms. The van der Waals surface area contributed by atoms with E-state index in [4.69, 9.17) is 5.73 Å². The van der Waals surface area contributed by atoms with Gasteiger partial charge in [0.15, 0.2) is 0 Å². The fourth-order valence-electron chi connectivity index (χ4n) is 4.11. The minimum Gasteiger partial charge on any atom is -0.508 e. The van der Waals surface area contributed by atoms with Crippen molar-refractivity contribution >= 4 is 36.3 Å². The van der Waals surface area contributed by atoms with Crippen LogP contribution in [0.3, 0.4) is 0 Å². The van der Waals surface area contributed by atoms with Crippen LogP contribution < -0.4 is 21.7 Å². The first-order valence-electron chi connectivity index (χ1n) is 13.0. The Morgan fingerprint density at radius 3 is 1.49 bits per heavy atom. The van der Waals surface area contributed by atoms with Crippen LogP contribution in [-0.4, -0.2) is 63.8 Å². The minimum absolute atomic E-state index is 0.0870. The summed E-state index contributed by atoms with van der Waals surface area (Å²) in [7, 11) is 0. The Labute approximate surface area is 243 Å². The molecule has 3 aromatic rings. The summed E-state index contributed by atoms with van der Waals surface area (Å²) in [6, 6.07) is 19.8. The van der Waals surface area contributed by atoms with Crippen molar-refractivity contribution in [2.75, 3.05) is 5.75 Å². The highest BCUT2D eigenvalue weighted by atomic mass is 32.1. The van der Waals surface area contributed by atoms with Crippen molar-refractivity contribution in [2.45, 2.75) is 43.4 Å². The number of phenolic OH excluding ortho intramolecular Hbond substituents is 1. The van der Waals surface area contributed by atoms with Gasteiger partial charge in [-0.25, -0.2) is 4.79 Å². The zero-order chi connectivity index (χ0) is 29.8. The van der Waals surface area contributed by atoms with E-state index in [1.807, 2.05) is 12.1 Å². The van der Waals surface area contributed by atoms with Crippen LogP contribution in [0, 0.1) is 0 Å². The quantitative estimate of drug-likeness (QED) is 0.141. The lowest BCUT2D eigenvalue weighted by Crippen LogP contribution is -2.58. The maximum Gasteiger partial charge on any atom is 0.327 e. The standard InChI is InChI=1S/C30H34N4O6S/c31-23(15-21-11-13-22(35)14-12-21)27(36)32-24(16-19-7-3-1-4-8-19)28(37)33-25(17-20-9-5-2-6-10-20)29(38)34-26(18-41)30(39)40/h1-14,23-26,35,41H,15-18,31H2,(H,32,36)(H,33,37)(H,34,38)(H,39,40). The maximum absolute atomic E-state index is 13.6. The van der Waals surface area contributed by atoms with Gasteiger partial charge in [-0.1, -0.05) is 72.8 Å². The molecule has 3 amide bonds. The molecule has 0 heterocycles. The summed E-state index contributed by atoms with van der Waals surface area (Å²) in [4.78, 5) is 51.3. The number of carbonyl (C=O) groups excluding carboxylic acids is 3. The lowest BCUT2D eigenvalue weighted by atomic mass is 10.0. The van der Waals surface area contributed by atoms with Gasteiger partial charge in [0, 0.05) is 18.6 Å². The van der Waals surface area contributed by atoms with Crippen LogP contribution in [0.2, 0.25) is 0 Å². The molecule has 4 atom stereocenters. The largest absolute Gasteiger partial charge is 0.508 e. The third kappa shape index (κ3) is 9.96. The SMILES string of the molecule is NC(Cc1ccc(O)cc1)C(=O)NC(Cc1ccccc1)C(=O)NC(Cc1ccccc1)C(=O)NC(CS)C(=O)O. The molecule has 0 aromatic heterocycles. The highest BCUT2D eigenvalue weighted by molar-refractivity contribution is 7.80. The average Bonchev–Trinajstić information content (AvgIpc) is 2.97. The van der Waals surface area contributed by atoms with Crippen molar-refractivity contribution in [3.05, 3.63) is 102 Å². The molecule has 216 valence electrons. The molecular weight excluding hydrogens is 544 g/mol. The Kier molecular flexibility index (Phi) is 11.7. The molecule has 11 heteroatoms. The molecule has 0 aliphatic carbocycles. The number of phenols is 1. The van der Waals surface area contributed by atoms with E-state index >= 15 is 0 Å². The fourth-order valence-corrected chi connectivity index (χ4v) is 4.35. The monoisotopic (exact) mass is 578 g/mol. The second-order valence-corrected chi connectivity index (χ2v) is 9.93. The Balaban J connectivity index is 1.80. The lowest BCUT2D eigenvalue weighted by molar-refractivity contribution is -0.141. The van der Waals surface area contributed by atoms with Crippen LogP contribution in [0.5, 0.6) is 5.75 Å². The minimum atomic E-state index is -1.25. The summed E-state index contributed by atoms with van der Waals surface area (Å²) in [5.41, 5.74) is 8.38. The maximum atomic E-state index is 13.6. The number of thiol groups is 1. The van der Waals surface area contributed by atoms with Gasteiger partial charge in [0.05, 0.1) is 6.04 Å². The van der Waals surface area contributed by atoms with E-state index in [9.17, 15) is 29.4 Å². The summed E-state index contributed by atoms with van der Waals surface area (Å²) in [6.45, 7) is 0. The number of rotatable bonds is 14. The smallest absolute Gasteiger partial charge is 0.327 e. The molecule has 0 fully saturated rings. The molecule has 0 spiro atoms. The van der Waals surface area contributed by atoms with Gasteiger partial charge in [0.1, 0.15) is 23.9 Å². The average molecular weight is 579 g/mol. The number of aromatic hydroxyl groups is 1. The molecular formula is C30H34N4O6S. The van der Waals surface area contributed by atoms with E-state index in [1.54, 1.807) is 60.7 Å². The Bertz CT molecular complexity index is 1310. The molecule has 3 rings (SSSR count). The van der Waals surface area contributed by atoms with E-state index in [2.05, 4.69) is 28.6 Å². The van der Waals surface area contributed by atoms with E-state index in [0.29, 0.717) is 0 Å². The molecule has 0 radical (unpaired) electrons. The highest BCUT2D eigenvalue weighted by Crippen LogP contribution is 2.12. The van der Waals surface area contributed by atoms with Gasteiger partial charge < -0.3 is 31.9 Å². The van der Waals surface area contributed by atoms with Gasteiger partial charge in [0.25, 0.3) is 0 Å². The number of nitrogens with one attached hydrogen (secondary N) is 3. The van der Waals surface area contributed by atoms with Gasteiger partial charge in [-0.2, -0.15) is 12.6 Å². The van der Waals surface area contributed by atoms with E-state index in [-0.39, 0.29) is 30.8 Å². The lowest BCUT2D eigenvalue weighted by Gasteiger charge is -2.25. The van der Waals surface area contributed by atoms with Gasteiger partial charge in [-0.3, -0.25) is 14.4 Å². The molecule has 0 aliphatic rings. The number of benzene rings is 3. The van der Waals surface area contributed by atoms with Crippen LogP contribution >= 0.6 is 12.6 Å². The van der Waals surface area contributed by atoms with Crippen LogP contribution in [0.15, 0.2) is 84.9 Å². The third-order valence-corrected chi connectivity index (χ3v) is 6.72. The van der Waals surface area contributed by atoms with Crippen molar-refractivity contribution < 1.29 is 29.4 Å². The Morgan fingerprint density at radius 2 is 1.05 bits per heavy atom. The molecule has 0 saturated heterocycles. The number of aliphatic carboxylic acids is 1. The topological polar surface area (TPSA) is 171 Å². The second kappa shape index (κ2) is 15.4. The van der Waals surface area contributed by atoms with Gasteiger partial charge in [0.2, 0.25) is 17.7 Å². The van der Waals surface area contributed by atoms with Gasteiger partial charge in [-0.05, 0) is 35.2 Å². The van der Waals surface area contributed by atoms with Crippen LogP contribution in [0.1, 0.15) is 16.7 Å². The van der Waals surface area contributed by atoms with Crippen molar-refractivity contribution in [1.29, 1.82) is 0 Å². The van der Waals surface area contributed by atoms with Gasteiger partial charge in [-0.15, -0.1) is 0 Å². The first kappa shape index (κ1) is 31.2. The number of hydrogen-bond acceptors (Lipinski definition) is 7. The fraction of sp³-hybridized carbons (Fsp3) is 0.267. The van der Waals surface area contributed by atoms with Crippen LogP contribution in [0.4, 0.5) is 0 Å². The number of carbonyl (C=O) groups is 4. The normalized spacial score (nSPS) is 13.7. The Morgan fingerprint density at radius 1 is 0.634 bits per heavy atom. The molecule has 4 unspecified atom stereocenters. The van der Waals surface area contributed by atoms with Gasteiger partial charge >= 0.3 is 5.97 Å². The zero-order valence-electron chi connectivity index (χ0n) is 22.3. The summed E-state index contributed by atoms with van der Waals surface area (Å²) in [5.74, 6) is -3.21. The Hall–Kier alpha value is -4.35. The van der Waals surface area contributed by atoms with Crippen molar-refractivity contribution in [2.24, 2.45) is 5.73 Å². The number of amides is 3. The van der Waals surface area contributed by atoms with Crippen molar-refractivity contribution in [1.82, 2.24) is 16.0 Å². The van der Waals surface area contributed by atoms with Crippen LogP contribution in [-0.2, 0) is 38.4 Å². The van der Waals surface area contributed by atoms with Crippen molar-refractivity contribution in [3.8, 4) is 5.75 Å². The predicted molar refractivity (Wildman–Crippen MR) is 157 cm³/mol. The van der Waals surface area contributed by atoms with E-state index < -0.39 is 47.9 Å². The number of carboxylic acid groups (broad SMARTS) is 1. The number of hydrogen-bond donors (Lipinski definition) is 7. The summed E-state index contributed by atoms with van der Waals surface area (Å²) in [6.07, 6.45) is 0.382. The zero-order valence-corrected chi connectivity index (χ0v) is 23.2. The van der Waals surface area contributed by atoms with E-state index in [0.717, 1.165) is 16.7 Å². The summed E-state index contributed by atoms with van der Waals surface area (Å²) < 4.78 is 0. The molecule has 41 heavy (non-hydrogen) atoms. The number of nitrogens with two attached hydrogens (primary N) is 1. The molecule has 0 aliphatic heterocycles. The molecule has 3 aromatic carbocycles.